The lowest BCUT2D eigenvalue weighted by atomic mass is 10.1. The van der Waals surface area contributed by atoms with Gasteiger partial charge in [0.1, 0.15) is 11.4 Å². The number of halogens is 1. The fraction of sp³-hybridized carbons (Fsp3) is 0.400. The van der Waals surface area contributed by atoms with Gasteiger partial charge in [-0.1, -0.05) is 12.2 Å². The summed E-state index contributed by atoms with van der Waals surface area (Å²) < 4.78 is 18.9. The van der Waals surface area contributed by atoms with E-state index in [9.17, 15) is 9.18 Å². The average molecular weight is 280 g/mol. The van der Waals surface area contributed by atoms with Crippen molar-refractivity contribution < 1.29 is 13.9 Å². The molecule has 1 aromatic carbocycles. The Labute approximate surface area is 118 Å². The van der Waals surface area contributed by atoms with E-state index in [1.807, 2.05) is 0 Å². The lowest BCUT2D eigenvalue weighted by molar-refractivity contribution is 0.0636. The molecule has 5 heteroatoms. The lowest BCUT2D eigenvalue weighted by Crippen LogP contribution is -2.27. The topological polar surface area (TPSA) is 64.3 Å². The van der Waals surface area contributed by atoms with E-state index in [0.29, 0.717) is 11.3 Å². The van der Waals surface area contributed by atoms with Crippen LogP contribution >= 0.6 is 0 Å². The molecular formula is C15H21FN2O2. The Morgan fingerprint density at radius 3 is 2.60 bits per heavy atom. The number of hydrogen-bond acceptors (Lipinski definition) is 3. The maximum absolute atomic E-state index is 13.8. The van der Waals surface area contributed by atoms with Gasteiger partial charge in [0.15, 0.2) is 0 Å². The molecule has 0 radical (unpaired) electrons. The molecule has 0 saturated carbocycles. The first-order valence-electron chi connectivity index (χ1n) is 6.41. The maximum Gasteiger partial charge on any atom is 0.412 e. The van der Waals surface area contributed by atoms with Crippen LogP contribution in [0.25, 0.3) is 6.08 Å². The summed E-state index contributed by atoms with van der Waals surface area (Å²) >= 11 is 0. The molecule has 110 valence electrons. The van der Waals surface area contributed by atoms with Crippen molar-refractivity contribution in [3.05, 3.63) is 35.7 Å². The standard InChI is InChI=1S/C15H21FN2O2/c1-10(17)5-6-11-7-8-12(9-13(11)16)18-14(19)20-15(2,3)4/h5-10H,17H2,1-4H3,(H,18,19)/b6-5+. The molecule has 20 heavy (non-hydrogen) atoms. The van der Waals surface area contributed by atoms with Crippen LogP contribution in [0.2, 0.25) is 0 Å². The number of ether oxygens (including phenoxy) is 1. The first-order chi connectivity index (χ1) is 9.17. The Morgan fingerprint density at radius 2 is 2.10 bits per heavy atom. The maximum atomic E-state index is 13.8. The van der Waals surface area contributed by atoms with Gasteiger partial charge in [-0.3, -0.25) is 5.32 Å². The molecule has 0 aliphatic carbocycles. The first kappa shape index (κ1) is 16.2. The summed E-state index contributed by atoms with van der Waals surface area (Å²) in [6.07, 6.45) is 2.69. The minimum atomic E-state index is -0.615. The molecule has 1 amide bonds. The van der Waals surface area contributed by atoms with Crippen molar-refractivity contribution in [3.8, 4) is 0 Å². The second kappa shape index (κ2) is 6.52. The molecule has 0 aliphatic rings. The van der Waals surface area contributed by atoms with Crippen LogP contribution in [0.4, 0.5) is 14.9 Å². The third kappa shape index (κ3) is 5.84. The van der Waals surface area contributed by atoms with Crippen molar-refractivity contribution in [2.24, 2.45) is 5.73 Å². The Kier molecular flexibility index (Phi) is 5.27. The largest absolute Gasteiger partial charge is 0.444 e. The van der Waals surface area contributed by atoms with Gasteiger partial charge >= 0.3 is 6.09 Å². The predicted octanol–water partition coefficient (Wildman–Crippen LogP) is 3.53. The van der Waals surface area contributed by atoms with E-state index in [1.54, 1.807) is 52.0 Å². The van der Waals surface area contributed by atoms with Crippen LogP contribution < -0.4 is 11.1 Å². The number of rotatable bonds is 3. The predicted molar refractivity (Wildman–Crippen MR) is 78.9 cm³/mol. The van der Waals surface area contributed by atoms with Crippen molar-refractivity contribution in [3.63, 3.8) is 0 Å². The molecule has 4 nitrogen and oxygen atoms in total. The van der Waals surface area contributed by atoms with Crippen molar-refractivity contribution in [2.45, 2.75) is 39.3 Å². The minimum absolute atomic E-state index is 0.144. The zero-order valence-corrected chi connectivity index (χ0v) is 12.2. The number of hydrogen-bond donors (Lipinski definition) is 2. The van der Waals surface area contributed by atoms with Gasteiger partial charge < -0.3 is 10.5 Å². The quantitative estimate of drug-likeness (QED) is 0.890. The minimum Gasteiger partial charge on any atom is -0.444 e. The van der Waals surface area contributed by atoms with Crippen molar-refractivity contribution in [2.75, 3.05) is 5.32 Å². The Bertz CT molecular complexity index is 505. The zero-order chi connectivity index (χ0) is 15.3. The molecule has 3 N–H and O–H groups in total. The van der Waals surface area contributed by atoms with Gasteiger partial charge in [-0.05, 0) is 45.9 Å². The van der Waals surface area contributed by atoms with Gasteiger partial charge in [0.2, 0.25) is 0 Å². The highest BCUT2D eigenvalue weighted by Crippen LogP contribution is 2.17. The number of carbonyl (C=O) groups excluding carboxylic acids is 1. The highest BCUT2D eigenvalue weighted by molar-refractivity contribution is 5.85. The Hall–Kier alpha value is -1.88. The van der Waals surface area contributed by atoms with Gasteiger partial charge in [-0.15, -0.1) is 0 Å². The third-order valence-electron chi connectivity index (χ3n) is 2.23. The van der Waals surface area contributed by atoms with Gasteiger partial charge in [-0.2, -0.15) is 0 Å². The van der Waals surface area contributed by atoms with Crippen molar-refractivity contribution in [1.82, 2.24) is 0 Å². The number of benzene rings is 1. The summed E-state index contributed by atoms with van der Waals surface area (Å²) in [5, 5.41) is 2.48. The normalized spacial score (nSPS) is 13.3. The van der Waals surface area contributed by atoms with Gasteiger partial charge in [-0.25, -0.2) is 9.18 Å². The van der Waals surface area contributed by atoms with Crippen LogP contribution in [0, 0.1) is 5.82 Å². The summed E-state index contributed by atoms with van der Waals surface area (Å²) in [5.41, 5.74) is 5.72. The molecular weight excluding hydrogens is 259 g/mol. The number of nitrogens with one attached hydrogen (secondary N) is 1. The summed E-state index contributed by atoms with van der Waals surface area (Å²) in [6, 6.07) is 4.27. The second-order valence-corrected chi connectivity index (χ2v) is 5.58. The zero-order valence-electron chi connectivity index (χ0n) is 12.2. The van der Waals surface area contributed by atoms with Gasteiger partial charge in [0, 0.05) is 17.3 Å². The molecule has 0 saturated heterocycles. The summed E-state index contributed by atoms with van der Waals surface area (Å²) in [7, 11) is 0. The molecule has 0 heterocycles. The van der Waals surface area contributed by atoms with Crippen LogP contribution in [-0.2, 0) is 4.74 Å². The number of anilines is 1. The van der Waals surface area contributed by atoms with Crippen LogP contribution in [0.5, 0.6) is 0 Å². The second-order valence-electron chi connectivity index (χ2n) is 5.58. The van der Waals surface area contributed by atoms with E-state index in [4.69, 9.17) is 10.5 Å². The van der Waals surface area contributed by atoms with E-state index in [2.05, 4.69) is 5.32 Å². The lowest BCUT2D eigenvalue weighted by Gasteiger charge is -2.19. The molecule has 0 aromatic heterocycles. The fourth-order valence-corrected chi connectivity index (χ4v) is 1.42. The number of amides is 1. The van der Waals surface area contributed by atoms with Crippen LogP contribution in [-0.4, -0.2) is 17.7 Å². The average Bonchev–Trinajstić information content (AvgIpc) is 2.24. The Morgan fingerprint density at radius 1 is 1.45 bits per heavy atom. The van der Waals surface area contributed by atoms with Crippen LogP contribution in [0.15, 0.2) is 24.3 Å². The van der Waals surface area contributed by atoms with Crippen molar-refractivity contribution >= 4 is 17.9 Å². The highest BCUT2D eigenvalue weighted by Gasteiger charge is 2.16. The molecule has 0 bridgehead atoms. The number of carbonyl (C=O) groups is 1. The molecule has 1 atom stereocenters. The van der Waals surface area contributed by atoms with E-state index in [0.717, 1.165) is 0 Å². The van der Waals surface area contributed by atoms with E-state index < -0.39 is 17.5 Å². The summed E-state index contributed by atoms with van der Waals surface area (Å²) in [5.74, 6) is -0.435. The highest BCUT2D eigenvalue weighted by atomic mass is 19.1. The summed E-state index contributed by atoms with van der Waals surface area (Å²) in [4.78, 5) is 11.6. The molecule has 1 unspecified atom stereocenters. The summed E-state index contributed by atoms with van der Waals surface area (Å²) in [6.45, 7) is 7.08. The van der Waals surface area contributed by atoms with E-state index in [1.165, 1.54) is 6.07 Å². The van der Waals surface area contributed by atoms with Gasteiger partial charge in [0.05, 0.1) is 0 Å². The van der Waals surface area contributed by atoms with Crippen LogP contribution in [0.1, 0.15) is 33.3 Å². The molecule has 1 aromatic rings. The monoisotopic (exact) mass is 280 g/mol. The SMILES string of the molecule is CC(N)/C=C/c1ccc(NC(=O)OC(C)(C)C)cc1F. The molecule has 0 fully saturated rings. The molecule has 0 aliphatic heterocycles. The fourth-order valence-electron chi connectivity index (χ4n) is 1.42. The molecule has 0 spiro atoms. The Balaban J connectivity index is 2.75. The van der Waals surface area contributed by atoms with Crippen LogP contribution in [0.3, 0.4) is 0 Å². The van der Waals surface area contributed by atoms with E-state index >= 15 is 0 Å². The van der Waals surface area contributed by atoms with E-state index in [-0.39, 0.29) is 6.04 Å². The third-order valence-corrected chi connectivity index (χ3v) is 2.23. The molecule has 1 rings (SSSR count). The van der Waals surface area contributed by atoms with Gasteiger partial charge in [0.25, 0.3) is 0 Å². The van der Waals surface area contributed by atoms with Crippen molar-refractivity contribution in [1.29, 1.82) is 0 Å². The first-order valence-corrected chi connectivity index (χ1v) is 6.41. The number of nitrogens with two attached hydrogens (primary N) is 1. The smallest absolute Gasteiger partial charge is 0.412 e.